The lowest BCUT2D eigenvalue weighted by atomic mass is 9.99. The van der Waals surface area contributed by atoms with Crippen LogP contribution in [0.3, 0.4) is 0 Å². The Kier molecular flexibility index (Phi) is 11.7. The predicted molar refractivity (Wildman–Crippen MR) is 158 cm³/mol. The van der Waals surface area contributed by atoms with Crippen molar-refractivity contribution in [3.05, 3.63) is 58.7 Å². The quantitative estimate of drug-likeness (QED) is 0.205. The van der Waals surface area contributed by atoms with E-state index in [1.165, 1.54) is 11.0 Å². The number of carbonyl (C=O) groups is 3. The molecule has 2 unspecified atom stereocenters. The third-order valence-electron chi connectivity index (χ3n) is 6.28. The van der Waals surface area contributed by atoms with E-state index in [2.05, 4.69) is 30.2 Å². The number of anilines is 1. The van der Waals surface area contributed by atoms with E-state index in [9.17, 15) is 19.5 Å². The number of para-hydroxylation sites is 1. The van der Waals surface area contributed by atoms with Gasteiger partial charge in [-0.15, -0.1) is 0 Å². The fourth-order valence-electron chi connectivity index (χ4n) is 4.26. The first-order valence-corrected chi connectivity index (χ1v) is 14.0. The average Bonchev–Trinajstić information content (AvgIpc) is 2.85. The molecule has 0 radical (unpaired) electrons. The van der Waals surface area contributed by atoms with E-state index >= 15 is 0 Å². The largest absolute Gasteiger partial charge is 0.508 e. The summed E-state index contributed by atoms with van der Waals surface area (Å²) in [6, 6.07) is 8.58. The van der Waals surface area contributed by atoms with Crippen molar-refractivity contribution in [2.75, 3.05) is 17.6 Å². The summed E-state index contributed by atoms with van der Waals surface area (Å²) in [7, 11) is 0. The minimum absolute atomic E-state index is 0.0161. The molecule has 9 heteroatoms. The maximum atomic E-state index is 14.0. The van der Waals surface area contributed by atoms with Gasteiger partial charge < -0.3 is 25.4 Å². The van der Waals surface area contributed by atoms with E-state index in [4.69, 9.17) is 4.74 Å². The first kappa shape index (κ1) is 32.0. The molecule has 0 aromatic heterocycles. The second-order valence-corrected chi connectivity index (χ2v) is 11.2. The highest BCUT2D eigenvalue weighted by atomic mass is 32.1. The molecule has 2 atom stereocenters. The third-order valence-corrected chi connectivity index (χ3v) is 6.65. The number of alkyl carbamates (subject to hydrolysis) is 1. The number of benzene rings is 2. The van der Waals surface area contributed by atoms with E-state index in [0.717, 1.165) is 24.0 Å². The number of nitrogens with one attached hydrogen (secondary N) is 2. The number of carbonyl (C=O) groups excluding carboxylic acids is 3. The van der Waals surface area contributed by atoms with Gasteiger partial charge in [0.25, 0.3) is 5.91 Å². The van der Waals surface area contributed by atoms with Crippen LogP contribution in [0.2, 0.25) is 0 Å². The van der Waals surface area contributed by atoms with Gasteiger partial charge in [-0.3, -0.25) is 9.59 Å². The molecular weight excluding hydrogens is 514 g/mol. The molecule has 0 saturated carbocycles. The zero-order chi connectivity index (χ0) is 29.3. The van der Waals surface area contributed by atoms with Crippen LogP contribution in [0.1, 0.15) is 75.3 Å². The van der Waals surface area contributed by atoms with Crippen LogP contribution in [0.25, 0.3) is 0 Å². The van der Waals surface area contributed by atoms with Gasteiger partial charge in [-0.1, -0.05) is 44.0 Å². The van der Waals surface area contributed by atoms with Gasteiger partial charge in [0.2, 0.25) is 5.91 Å². The summed E-state index contributed by atoms with van der Waals surface area (Å²) in [6.07, 6.45) is 1.71. The van der Waals surface area contributed by atoms with Crippen molar-refractivity contribution in [1.29, 1.82) is 0 Å². The highest BCUT2D eigenvalue weighted by Gasteiger charge is 2.36. The molecule has 0 bridgehead atoms. The highest BCUT2D eigenvalue weighted by molar-refractivity contribution is 7.80. The van der Waals surface area contributed by atoms with Crippen molar-refractivity contribution < 1.29 is 24.2 Å². The zero-order valence-electron chi connectivity index (χ0n) is 24.1. The van der Waals surface area contributed by atoms with Crippen LogP contribution in [0.5, 0.6) is 5.75 Å². The van der Waals surface area contributed by atoms with E-state index in [1.807, 2.05) is 32.0 Å². The number of thiol groups is 1. The fourth-order valence-corrected chi connectivity index (χ4v) is 4.51. The number of unbranched alkanes of at least 4 members (excludes halogenated alkanes) is 2. The molecule has 0 aliphatic carbocycles. The van der Waals surface area contributed by atoms with E-state index in [0.29, 0.717) is 23.2 Å². The molecule has 0 fully saturated rings. The van der Waals surface area contributed by atoms with Gasteiger partial charge in [0.05, 0.1) is 0 Å². The van der Waals surface area contributed by atoms with Gasteiger partial charge in [-0.25, -0.2) is 4.79 Å². The number of amides is 3. The molecule has 0 spiro atoms. The molecule has 0 aliphatic rings. The summed E-state index contributed by atoms with van der Waals surface area (Å²) in [4.78, 5) is 42.1. The van der Waals surface area contributed by atoms with Crippen molar-refractivity contribution in [3.63, 3.8) is 0 Å². The number of hydrogen-bond acceptors (Lipinski definition) is 6. The standard InChI is InChI=1S/C30H43N3O5S/c1-8-9-10-16-33(28(36)23(18-39)31-29(37)38-30(5,6)7)26(22-14-15-24(34)21(4)17-22)27(35)32-25-19(2)12-11-13-20(25)3/h11-15,17,23,26,34,39H,8-10,16,18H2,1-7H3,(H,31,37)(H,32,35). The molecule has 3 amide bonds. The summed E-state index contributed by atoms with van der Waals surface area (Å²) >= 11 is 4.34. The van der Waals surface area contributed by atoms with Gasteiger partial charge in [-0.2, -0.15) is 12.6 Å². The second kappa shape index (κ2) is 14.3. The number of aryl methyl sites for hydroxylation is 3. The molecule has 39 heavy (non-hydrogen) atoms. The van der Waals surface area contributed by atoms with Gasteiger partial charge in [0, 0.05) is 18.0 Å². The van der Waals surface area contributed by atoms with E-state index in [-0.39, 0.29) is 18.0 Å². The monoisotopic (exact) mass is 557 g/mol. The van der Waals surface area contributed by atoms with Crippen molar-refractivity contribution in [3.8, 4) is 5.75 Å². The summed E-state index contributed by atoms with van der Waals surface area (Å²) in [6.45, 7) is 13.1. The van der Waals surface area contributed by atoms with Crippen LogP contribution in [0.15, 0.2) is 36.4 Å². The van der Waals surface area contributed by atoms with E-state index in [1.54, 1.807) is 39.8 Å². The van der Waals surface area contributed by atoms with Crippen LogP contribution in [-0.2, 0) is 14.3 Å². The number of phenolic OH excluding ortho intramolecular Hbond substituents is 1. The zero-order valence-corrected chi connectivity index (χ0v) is 25.0. The van der Waals surface area contributed by atoms with Crippen molar-refractivity contribution in [1.82, 2.24) is 10.2 Å². The Morgan fingerprint density at radius 3 is 2.21 bits per heavy atom. The van der Waals surface area contributed by atoms with Gasteiger partial charge in [0.15, 0.2) is 0 Å². The van der Waals surface area contributed by atoms with Gasteiger partial charge >= 0.3 is 6.09 Å². The van der Waals surface area contributed by atoms with Crippen LogP contribution in [-0.4, -0.2) is 51.9 Å². The van der Waals surface area contributed by atoms with Crippen molar-refractivity contribution in [2.24, 2.45) is 0 Å². The smallest absolute Gasteiger partial charge is 0.408 e. The van der Waals surface area contributed by atoms with Crippen LogP contribution in [0, 0.1) is 20.8 Å². The Balaban J connectivity index is 2.56. The Labute approximate surface area is 237 Å². The van der Waals surface area contributed by atoms with Gasteiger partial charge in [0.1, 0.15) is 23.4 Å². The average molecular weight is 558 g/mol. The molecule has 214 valence electrons. The lowest BCUT2D eigenvalue weighted by Gasteiger charge is -2.34. The minimum atomic E-state index is -1.02. The number of aromatic hydroxyl groups is 1. The van der Waals surface area contributed by atoms with E-state index < -0.39 is 35.6 Å². The molecule has 0 saturated heterocycles. The summed E-state index contributed by atoms with van der Waals surface area (Å²) in [5.41, 5.74) is 2.86. The Bertz CT molecular complexity index is 1140. The summed E-state index contributed by atoms with van der Waals surface area (Å²) in [5.74, 6) is -0.726. The minimum Gasteiger partial charge on any atom is -0.508 e. The summed E-state index contributed by atoms with van der Waals surface area (Å²) < 4.78 is 5.36. The highest BCUT2D eigenvalue weighted by Crippen LogP contribution is 2.30. The lowest BCUT2D eigenvalue weighted by molar-refractivity contribution is -0.140. The molecular formula is C30H43N3O5S. The summed E-state index contributed by atoms with van der Waals surface area (Å²) in [5, 5.41) is 15.8. The topological polar surface area (TPSA) is 108 Å². The third kappa shape index (κ3) is 9.20. The lowest BCUT2D eigenvalue weighted by Crippen LogP contribution is -2.53. The second-order valence-electron chi connectivity index (χ2n) is 10.8. The Morgan fingerprint density at radius 1 is 1.03 bits per heavy atom. The number of ether oxygens (including phenoxy) is 1. The molecule has 0 aliphatic heterocycles. The van der Waals surface area contributed by atoms with Crippen LogP contribution in [0.4, 0.5) is 10.5 Å². The molecule has 0 heterocycles. The molecule has 2 aromatic rings. The fraction of sp³-hybridized carbons (Fsp3) is 0.500. The maximum absolute atomic E-state index is 14.0. The first-order valence-electron chi connectivity index (χ1n) is 13.4. The van der Waals surface area contributed by atoms with Crippen LogP contribution < -0.4 is 10.6 Å². The van der Waals surface area contributed by atoms with Crippen LogP contribution >= 0.6 is 12.6 Å². The Hall–Kier alpha value is -3.20. The number of hydrogen-bond donors (Lipinski definition) is 4. The number of nitrogens with zero attached hydrogens (tertiary/aromatic N) is 1. The number of phenols is 1. The molecule has 8 nitrogen and oxygen atoms in total. The molecule has 2 rings (SSSR count). The van der Waals surface area contributed by atoms with Crippen molar-refractivity contribution >= 4 is 36.2 Å². The first-order chi connectivity index (χ1) is 18.3. The number of rotatable bonds is 11. The molecule has 3 N–H and O–H groups in total. The molecule has 2 aromatic carbocycles. The van der Waals surface area contributed by atoms with Gasteiger partial charge in [-0.05, 0) is 82.3 Å². The SMILES string of the molecule is CCCCCN(C(=O)C(CS)NC(=O)OC(C)(C)C)C(C(=O)Nc1c(C)cccc1C)c1ccc(O)c(C)c1. The Morgan fingerprint density at radius 2 is 1.67 bits per heavy atom. The normalized spacial score (nSPS) is 12.8. The van der Waals surface area contributed by atoms with Crippen molar-refractivity contribution in [2.45, 2.75) is 85.4 Å². The predicted octanol–water partition coefficient (Wildman–Crippen LogP) is 5.84. The maximum Gasteiger partial charge on any atom is 0.408 e.